The van der Waals surface area contributed by atoms with E-state index in [1.807, 2.05) is 12.1 Å². The molecule has 0 atom stereocenters. The molecule has 84 valence electrons. The second-order valence-electron chi connectivity index (χ2n) is 3.49. The van der Waals surface area contributed by atoms with Gasteiger partial charge in [0.05, 0.1) is 6.61 Å². The van der Waals surface area contributed by atoms with Gasteiger partial charge in [0.1, 0.15) is 5.75 Å². The summed E-state index contributed by atoms with van der Waals surface area (Å²) in [6.45, 7) is 0.767. The predicted molar refractivity (Wildman–Crippen MR) is 75.5 cm³/mol. The van der Waals surface area contributed by atoms with E-state index in [-0.39, 0.29) is 0 Å². The molecule has 0 amide bonds. The summed E-state index contributed by atoms with van der Waals surface area (Å²) in [4.78, 5) is 0. The fourth-order valence-corrected chi connectivity index (χ4v) is 2.16. The molecule has 0 aliphatic heterocycles. The van der Waals surface area contributed by atoms with Crippen molar-refractivity contribution in [3.63, 3.8) is 0 Å². The maximum Gasteiger partial charge on any atom is 0.119 e. The maximum atomic E-state index is 5.65. The number of hydrogen-bond acceptors (Lipinski definition) is 2. The van der Waals surface area contributed by atoms with Gasteiger partial charge in [0, 0.05) is 10.2 Å². The van der Waals surface area contributed by atoms with Crippen LogP contribution in [0.4, 0.5) is 0 Å². The second-order valence-corrected chi connectivity index (χ2v) is 5.40. The number of halogens is 1. The first-order valence-electron chi connectivity index (χ1n) is 5.10. The summed E-state index contributed by atoms with van der Waals surface area (Å²) >= 11 is 5.26. The molecule has 0 aromatic heterocycles. The van der Waals surface area contributed by atoms with Crippen molar-refractivity contribution in [1.82, 2.24) is 0 Å². The summed E-state index contributed by atoms with van der Waals surface area (Å²) in [5, 5.41) is 2.44. The van der Waals surface area contributed by atoms with E-state index in [1.54, 1.807) is 11.8 Å². The molecule has 0 bridgehead atoms. The molecule has 0 N–H and O–H groups in total. The van der Waals surface area contributed by atoms with Gasteiger partial charge >= 0.3 is 0 Å². The van der Waals surface area contributed by atoms with Gasteiger partial charge in [0.25, 0.3) is 0 Å². The van der Waals surface area contributed by atoms with E-state index in [0.717, 1.165) is 22.6 Å². The molecule has 0 heterocycles. The second kappa shape index (κ2) is 5.60. The first-order valence-corrected chi connectivity index (χ1v) is 7.29. The fraction of sp³-hybridized carbons (Fsp3) is 0.231. The Labute approximate surface area is 108 Å². The number of ether oxygens (including phenoxy) is 1. The van der Waals surface area contributed by atoms with Gasteiger partial charge in [-0.15, -0.1) is 0 Å². The summed E-state index contributed by atoms with van der Waals surface area (Å²) in [6.07, 6.45) is 2.08. The van der Waals surface area contributed by atoms with Crippen LogP contribution in [0.1, 0.15) is 0 Å². The molecule has 0 fully saturated rings. The standard InChI is InChI=1S/C13H13BrOS/c1-16-7-6-15-13-5-3-10-8-12(14)4-2-11(10)9-13/h2-5,8-9H,6-7H2,1H3. The maximum absolute atomic E-state index is 5.65. The lowest BCUT2D eigenvalue weighted by molar-refractivity contribution is 0.344. The van der Waals surface area contributed by atoms with Crippen molar-refractivity contribution in [1.29, 1.82) is 0 Å². The van der Waals surface area contributed by atoms with Crippen LogP contribution in [0.5, 0.6) is 5.75 Å². The smallest absolute Gasteiger partial charge is 0.119 e. The van der Waals surface area contributed by atoms with E-state index in [4.69, 9.17) is 4.74 Å². The number of benzene rings is 2. The fourth-order valence-electron chi connectivity index (χ4n) is 1.53. The minimum Gasteiger partial charge on any atom is -0.493 e. The monoisotopic (exact) mass is 296 g/mol. The molecular weight excluding hydrogens is 284 g/mol. The Morgan fingerprint density at radius 2 is 1.88 bits per heavy atom. The van der Waals surface area contributed by atoms with Gasteiger partial charge in [0.2, 0.25) is 0 Å². The molecule has 0 spiro atoms. The number of rotatable bonds is 4. The van der Waals surface area contributed by atoms with Gasteiger partial charge < -0.3 is 4.74 Å². The normalized spacial score (nSPS) is 10.6. The molecule has 2 rings (SSSR count). The van der Waals surface area contributed by atoms with Crippen LogP contribution < -0.4 is 4.74 Å². The van der Waals surface area contributed by atoms with Gasteiger partial charge in [0.15, 0.2) is 0 Å². The topological polar surface area (TPSA) is 9.23 Å². The molecular formula is C13H13BrOS. The Hall–Kier alpha value is -0.670. The molecule has 16 heavy (non-hydrogen) atoms. The highest BCUT2D eigenvalue weighted by Crippen LogP contribution is 2.24. The van der Waals surface area contributed by atoms with Crippen molar-refractivity contribution >= 4 is 38.5 Å². The highest BCUT2D eigenvalue weighted by Gasteiger charge is 1.98. The molecule has 0 aliphatic rings. The van der Waals surface area contributed by atoms with Crippen LogP contribution in [0, 0.1) is 0 Å². The van der Waals surface area contributed by atoms with Crippen molar-refractivity contribution in [2.24, 2.45) is 0 Å². The lowest BCUT2D eigenvalue weighted by atomic mass is 10.1. The molecule has 0 saturated heterocycles. The van der Waals surface area contributed by atoms with E-state index in [9.17, 15) is 0 Å². The lowest BCUT2D eigenvalue weighted by Crippen LogP contribution is -1.99. The van der Waals surface area contributed by atoms with Gasteiger partial charge in [-0.3, -0.25) is 0 Å². The third-order valence-corrected chi connectivity index (χ3v) is 3.40. The zero-order chi connectivity index (χ0) is 11.4. The van der Waals surface area contributed by atoms with Crippen molar-refractivity contribution in [2.75, 3.05) is 18.6 Å². The molecule has 3 heteroatoms. The van der Waals surface area contributed by atoms with E-state index < -0.39 is 0 Å². The SMILES string of the molecule is CSCCOc1ccc2cc(Br)ccc2c1. The Morgan fingerprint density at radius 3 is 2.69 bits per heavy atom. The van der Waals surface area contributed by atoms with Crippen LogP contribution in [0.3, 0.4) is 0 Å². The summed E-state index contributed by atoms with van der Waals surface area (Å²) in [5.41, 5.74) is 0. The number of fused-ring (bicyclic) bond motifs is 1. The Balaban J connectivity index is 2.20. The van der Waals surface area contributed by atoms with Gasteiger partial charge in [-0.05, 0) is 41.3 Å². The molecule has 0 unspecified atom stereocenters. The van der Waals surface area contributed by atoms with Crippen LogP contribution in [0.25, 0.3) is 10.8 Å². The molecule has 1 nitrogen and oxygen atoms in total. The van der Waals surface area contributed by atoms with E-state index in [1.165, 1.54) is 10.8 Å². The molecule has 2 aromatic rings. The highest BCUT2D eigenvalue weighted by molar-refractivity contribution is 9.10. The van der Waals surface area contributed by atoms with Crippen LogP contribution in [0.2, 0.25) is 0 Å². The Morgan fingerprint density at radius 1 is 1.12 bits per heavy atom. The average molecular weight is 297 g/mol. The van der Waals surface area contributed by atoms with Crippen LogP contribution in [-0.4, -0.2) is 18.6 Å². The van der Waals surface area contributed by atoms with Crippen molar-refractivity contribution in [3.05, 3.63) is 40.9 Å². The van der Waals surface area contributed by atoms with E-state index in [0.29, 0.717) is 0 Å². The number of thioether (sulfide) groups is 1. The van der Waals surface area contributed by atoms with Crippen molar-refractivity contribution in [3.8, 4) is 5.75 Å². The van der Waals surface area contributed by atoms with E-state index >= 15 is 0 Å². The number of hydrogen-bond donors (Lipinski definition) is 0. The first kappa shape index (κ1) is 11.8. The quantitative estimate of drug-likeness (QED) is 0.776. The summed E-state index contributed by atoms with van der Waals surface area (Å²) in [6, 6.07) is 12.5. The van der Waals surface area contributed by atoms with Crippen molar-refractivity contribution in [2.45, 2.75) is 0 Å². The molecule has 0 saturated carbocycles. The third-order valence-electron chi connectivity index (χ3n) is 2.33. The molecule has 0 aliphatic carbocycles. The Bertz CT molecular complexity index is 484. The molecule has 0 radical (unpaired) electrons. The zero-order valence-electron chi connectivity index (χ0n) is 9.07. The highest BCUT2D eigenvalue weighted by atomic mass is 79.9. The predicted octanol–water partition coefficient (Wildman–Crippen LogP) is 4.34. The summed E-state index contributed by atoms with van der Waals surface area (Å²) < 4.78 is 6.76. The first-order chi connectivity index (χ1) is 7.79. The molecule has 2 aromatic carbocycles. The van der Waals surface area contributed by atoms with E-state index in [2.05, 4.69) is 46.5 Å². The van der Waals surface area contributed by atoms with Crippen LogP contribution in [-0.2, 0) is 0 Å². The zero-order valence-corrected chi connectivity index (χ0v) is 11.5. The van der Waals surface area contributed by atoms with Gasteiger partial charge in [-0.1, -0.05) is 28.1 Å². The summed E-state index contributed by atoms with van der Waals surface area (Å²) in [5.74, 6) is 1.97. The Kier molecular flexibility index (Phi) is 4.13. The largest absolute Gasteiger partial charge is 0.493 e. The minimum absolute atomic E-state index is 0.767. The third kappa shape index (κ3) is 2.92. The van der Waals surface area contributed by atoms with Gasteiger partial charge in [-0.25, -0.2) is 0 Å². The van der Waals surface area contributed by atoms with Crippen molar-refractivity contribution < 1.29 is 4.74 Å². The average Bonchev–Trinajstić information content (AvgIpc) is 2.29. The minimum atomic E-state index is 0.767. The summed E-state index contributed by atoms with van der Waals surface area (Å²) in [7, 11) is 0. The van der Waals surface area contributed by atoms with Crippen LogP contribution in [0.15, 0.2) is 40.9 Å². The van der Waals surface area contributed by atoms with Gasteiger partial charge in [-0.2, -0.15) is 11.8 Å². The van der Waals surface area contributed by atoms with Crippen LogP contribution >= 0.6 is 27.7 Å². The lowest BCUT2D eigenvalue weighted by Gasteiger charge is -2.06.